The standard InChI is InChI=1S/C19H16BrF2N3OS/c1-10-8-11(2-3-13(10)22)18-24-17-15(27-18)5-4-14(16(17)20)23-19(26)25-7-6-12(21)9-25/h2-5,8,12H,6-7,9H2,1H3,(H,23,26)/t12-/m0/s1. The summed E-state index contributed by atoms with van der Waals surface area (Å²) in [6.45, 7) is 2.25. The number of nitrogens with one attached hydrogen (secondary N) is 1. The highest BCUT2D eigenvalue weighted by molar-refractivity contribution is 9.10. The molecule has 1 atom stereocenters. The van der Waals surface area contributed by atoms with Crippen molar-refractivity contribution in [2.24, 2.45) is 0 Å². The van der Waals surface area contributed by atoms with Crippen molar-refractivity contribution in [3.05, 3.63) is 46.2 Å². The van der Waals surface area contributed by atoms with Crippen molar-refractivity contribution >= 4 is 49.2 Å². The van der Waals surface area contributed by atoms with Crippen LogP contribution in [-0.2, 0) is 0 Å². The van der Waals surface area contributed by atoms with Gasteiger partial charge in [-0.25, -0.2) is 18.6 Å². The SMILES string of the molecule is Cc1cc(-c2nc3c(Br)c(NC(=O)N4CC[C@H](F)C4)ccc3s2)ccc1F. The molecule has 4 nitrogen and oxygen atoms in total. The second-order valence-electron chi connectivity index (χ2n) is 6.52. The van der Waals surface area contributed by atoms with Crippen LogP contribution < -0.4 is 5.32 Å². The second-order valence-corrected chi connectivity index (χ2v) is 8.34. The number of fused-ring (bicyclic) bond motifs is 1. The molecule has 1 N–H and O–H groups in total. The van der Waals surface area contributed by atoms with Crippen molar-refractivity contribution in [3.8, 4) is 10.6 Å². The first kappa shape index (κ1) is 18.3. The Morgan fingerprint density at radius 3 is 2.89 bits per heavy atom. The number of anilines is 1. The van der Waals surface area contributed by atoms with E-state index in [2.05, 4.69) is 26.2 Å². The van der Waals surface area contributed by atoms with Gasteiger partial charge in [0, 0.05) is 12.1 Å². The summed E-state index contributed by atoms with van der Waals surface area (Å²) in [5.41, 5.74) is 2.72. The fourth-order valence-corrected chi connectivity index (χ4v) is 4.69. The van der Waals surface area contributed by atoms with Crippen LogP contribution in [0.1, 0.15) is 12.0 Å². The fraction of sp³-hybridized carbons (Fsp3) is 0.263. The summed E-state index contributed by atoms with van der Waals surface area (Å²) in [5, 5.41) is 3.59. The molecule has 1 aliphatic rings. The van der Waals surface area contributed by atoms with E-state index >= 15 is 0 Å². The van der Waals surface area contributed by atoms with Crippen LogP contribution in [0.25, 0.3) is 20.8 Å². The molecule has 1 saturated heterocycles. The van der Waals surface area contributed by atoms with Crippen molar-refractivity contribution < 1.29 is 13.6 Å². The number of likely N-dealkylation sites (tertiary alicyclic amines) is 1. The van der Waals surface area contributed by atoms with Crippen LogP contribution >= 0.6 is 27.3 Å². The predicted octanol–water partition coefficient (Wildman–Crippen LogP) is 5.75. The maximum Gasteiger partial charge on any atom is 0.321 e. The van der Waals surface area contributed by atoms with E-state index in [1.807, 2.05) is 6.07 Å². The summed E-state index contributed by atoms with van der Waals surface area (Å²) < 4.78 is 28.5. The van der Waals surface area contributed by atoms with E-state index in [1.165, 1.54) is 22.3 Å². The summed E-state index contributed by atoms with van der Waals surface area (Å²) in [4.78, 5) is 18.4. The third-order valence-corrected chi connectivity index (χ3v) is 6.44. The molecule has 1 aromatic heterocycles. The Morgan fingerprint density at radius 2 is 2.19 bits per heavy atom. The molecule has 0 unspecified atom stereocenters. The van der Waals surface area contributed by atoms with Crippen LogP contribution in [0.5, 0.6) is 0 Å². The minimum Gasteiger partial charge on any atom is -0.322 e. The normalized spacial score (nSPS) is 16.9. The van der Waals surface area contributed by atoms with Crippen molar-refractivity contribution in [1.29, 1.82) is 0 Å². The monoisotopic (exact) mass is 451 g/mol. The molecule has 140 valence electrons. The highest BCUT2D eigenvalue weighted by atomic mass is 79.9. The number of carbonyl (C=O) groups is 1. The van der Waals surface area contributed by atoms with Gasteiger partial charge in [0.1, 0.15) is 17.0 Å². The first-order valence-corrected chi connectivity index (χ1v) is 10.1. The zero-order chi connectivity index (χ0) is 19.1. The Labute approximate surface area is 167 Å². The van der Waals surface area contributed by atoms with Gasteiger partial charge in [-0.05, 0) is 65.2 Å². The van der Waals surface area contributed by atoms with E-state index < -0.39 is 6.17 Å². The average molecular weight is 452 g/mol. The van der Waals surface area contributed by atoms with E-state index in [4.69, 9.17) is 0 Å². The van der Waals surface area contributed by atoms with Gasteiger partial charge in [-0.1, -0.05) is 0 Å². The summed E-state index contributed by atoms with van der Waals surface area (Å²) in [5.74, 6) is -0.247. The van der Waals surface area contributed by atoms with Crippen LogP contribution in [0.3, 0.4) is 0 Å². The molecule has 3 aromatic rings. The Hall–Kier alpha value is -2.06. The van der Waals surface area contributed by atoms with E-state index in [-0.39, 0.29) is 18.4 Å². The van der Waals surface area contributed by atoms with E-state index in [1.54, 1.807) is 25.1 Å². The molecular formula is C19H16BrF2N3OS. The summed E-state index contributed by atoms with van der Waals surface area (Å²) in [6.07, 6.45) is -0.581. The van der Waals surface area contributed by atoms with Crippen LogP contribution in [-0.4, -0.2) is 35.2 Å². The summed E-state index contributed by atoms with van der Waals surface area (Å²) in [7, 11) is 0. The lowest BCUT2D eigenvalue weighted by Crippen LogP contribution is -2.33. The number of hydrogen-bond acceptors (Lipinski definition) is 3. The smallest absolute Gasteiger partial charge is 0.321 e. The minimum absolute atomic E-state index is 0.121. The highest BCUT2D eigenvalue weighted by Gasteiger charge is 2.26. The molecular weight excluding hydrogens is 436 g/mol. The first-order valence-electron chi connectivity index (χ1n) is 8.48. The van der Waals surface area contributed by atoms with Gasteiger partial charge in [0.15, 0.2) is 0 Å². The highest BCUT2D eigenvalue weighted by Crippen LogP contribution is 2.38. The maximum absolute atomic E-state index is 13.5. The van der Waals surface area contributed by atoms with Crippen LogP contribution in [0, 0.1) is 12.7 Å². The Morgan fingerprint density at radius 1 is 1.37 bits per heavy atom. The number of aryl methyl sites for hydroxylation is 1. The molecule has 4 rings (SSSR count). The summed E-state index contributed by atoms with van der Waals surface area (Å²) in [6, 6.07) is 8.27. The third-order valence-electron chi connectivity index (χ3n) is 4.56. The minimum atomic E-state index is -0.957. The van der Waals surface area contributed by atoms with Gasteiger partial charge in [0.05, 0.1) is 26.9 Å². The third kappa shape index (κ3) is 3.55. The molecule has 8 heteroatoms. The number of hydrogen-bond donors (Lipinski definition) is 1. The number of thiazole rings is 1. The number of nitrogens with zero attached hydrogens (tertiary/aromatic N) is 2. The number of alkyl halides is 1. The lowest BCUT2D eigenvalue weighted by atomic mass is 10.1. The molecule has 27 heavy (non-hydrogen) atoms. The molecule has 1 aliphatic heterocycles. The zero-order valence-electron chi connectivity index (χ0n) is 14.4. The molecule has 0 spiro atoms. The molecule has 2 heterocycles. The lowest BCUT2D eigenvalue weighted by Gasteiger charge is -2.16. The number of carbonyl (C=O) groups excluding carboxylic acids is 1. The van der Waals surface area contributed by atoms with Gasteiger partial charge in [0.25, 0.3) is 0 Å². The molecule has 0 saturated carbocycles. The molecule has 1 fully saturated rings. The van der Waals surface area contributed by atoms with Crippen molar-refractivity contribution in [2.45, 2.75) is 19.5 Å². The van der Waals surface area contributed by atoms with Gasteiger partial charge in [-0.3, -0.25) is 0 Å². The Balaban J connectivity index is 1.64. The van der Waals surface area contributed by atoms with Crippen LogP contribution in [0.2, 0.25) is 0 Å². The zero-order valence-corrected chi connectivity index (χ0v) is 16.8. The van der Waals surface area contributed by atoms with Crippen molar-refractivity contribution in [3.63, 3.8) is 0 Å². The number of rotatable bonds is 2. The Kier molecular flexibility index (Phi) is 4.86. The average Bonchev–Trinajstić information content (AvgIpc) is 3.26. The molecule has 0 bridgehead atoms. The van der Waals surface area contributed by atoms with Gasteiger partial charge in [-0.15, -0.1) is 11.3 Å². The Bertz CT molecular complexity index is 1040. The summed E-state index contributed by atoms with van der Waals surface area (Å²) >= 11 is 5.02. The van der Waals surface area contributed by atoms with E-state index in [0.29, 0.717) is 28.7 Å². The molecule has 0 radical (unpaired) electrons. The fourth-order valence-electron chi connectivity index (χ4n) is 3.06. The second kappa shape index (κ2) is 7.16. The topological polar surface area (TPSA) is 45.2 Å². The largest absolute Gasteiger partial charge is 0.322 e. The van der Waals surface area contributed by atoms with Crippen LogP contribution in [0.4, 0.5) is 19.3 Å². The quantitative estimate of drug-likeness (QED) is 0.538. The molecule has 2 aromatic carbocycles. The predicted molar refractivity (Wildman–Crippen MR) is 108 cm³/mol. The van der Waals surface area contributed by atoms with Crippen molar-refractivity contribution in [2.75, 3.05) is 18.4 Å². The van der Waals surface area contributed by atoms with Crippen molar-refractivity contribution in [1.82, 2.24) is 9.88 Å². The van der Waals surface area contributed by atoms with E-state index in [0.717, 1.165) is 20.8 Å². The molecule has 0 aliphatic carbocycles. The number of aromatic nitrogens is 1. The maximum atomic E-state index is 13.5. The molecule has 2 amide bonds. The van der Waals surface area contributed by atoms with Gasteiger partial charge in [-0.2, -0.15) is 0 Å². The van der Waals surface area contributed by atoms with Gasteiger partial charge < -0.3 is 10.2 Å². The number of halogens is 3. The van der Waals surface area contributed by atoms with Crippen LogP contribution in [0.15, 0.2) is 34.8 Å². The van der Waals surface area contributed by atoms with E-state index in [9.17, 15) is 13.6 Å². The number of amides is 2. The first-order chi connectivity index (χ1) is 12.9. The van der Waals surface area contributed by atoms with Gasteiger partial charge >= 0.3 is 6.03 Å². The number of urea groups is 1. The number of benzene rings is 2. The lowest BCUT2D eigenvalue weighted by molar-refractivity contribution is 0.218. The van der Waals surface area contributed by atoms with Gasteiger partial charge in [0.2, 0.25) is 0 Å².